The van der Waals surface area contributed by atoms with Crippen LogP contribution in [0.2, 0.25) is 0 Å². The van der Waals surface area contributed by atoms with E-state index in [0.717, 1.165) is 51.7 Å². The van der Waals surface area contributed by atoms with Crippen molar-refractivity contribution in [3.05, 3.63) is 0 Å². The fraction of sp³-hybridized carbons (Fsp3) is 0.900. The highest BCUT2D eigenvalue weighted by molar-refractivity contribution is 5.78. The number of carbonyl (C=O) groups excluding carboxylic acids is 1. The largest absolute Gasteiger partial charge is 0.465 e. The van der Waals surface area contributed by atoms with Crippen molar-refractivity contribution in [1.82, 2.24) is 15.1 Å². The molecule has 3 atom stereocenters. The lowest BCUT2D eigenvalue weighted by Gasteiger charge is -2.39. The Bertz CT molecular complexity index is 492. The molecular weight excluding hydrogens is 346 g/mol. The normalized spacial score (nSPS) is 26.6. The van der Waals surface area contributed by atoms with Gasteiger partial charge in [0.25, 0.3) is 0 Å². The lowest BCUT2D eigenvalue weighted by molar-refractivity contribution is -0.126. The van der Waals surface area contributed by atoms with Crippen LogP contribution in [-0.2, 0) is 9.53 Å². The van der Waals surface area contributed by atoms with Crippen LogP contribution in [0.1, 0.15) is 52.9 Å². The minimum absolute atomic E-state index is 0.106. The van der Waals surface area contributed by atoms with Crippen molar-refractivity contribution in [1.29, 1.82) is 0 Å². The van der Waals surface area contributed by atoms with Crippen LogP contribution in [0, 0.1) is 11.8 Å². The summed E-state index contributed by atoms with van der Waals surface area (Å²) in [6.45, 7) is 9.28. The van der Waals surface area contributed by atoms with E-state index in [-0.39, 0.29) is 24.0 Å². The third-order valence-electron chi connectivity index (χ3n) is 6.11. The van der Waals surface area contributed by atoms with Gasteiger partial charge in [-0.05, 0) is 58.0 Å². The predicted octanol–water partition coefficient (Wildman–Crippen LogP) is 2.41. The summed E-state index contributed by atoms with van der Waals surface area (Å²) < 4.78 is 5.48. The number of ether oxygens (including phenoxy) is 1. The first-order valence-corrected chi connectivity index (χ1v) is 10.4. The monoisotopic (exact) mass is 383 g/mol. The van der Waals surface area contributed by atoms with Crippen molar-refractivity contribution in [3.8, 4) is 0 Å². The van der Waals surface area contributed by atoms with Gasteiger partial charge in [0, 0.05) is 32.2 Å². The highest BCUT2D eigenvalue weighted by Gasteiger charge is 2.36. The van der Waals surface area contributed by atoms with Crippen LogP contribution in [0.4, 0.5) is 4.79 Å². The second kappa shape index (κ2) is 10.3. The summed E-state index contributed by atoms with van der Waals surface area (Å²) in [5.74, 6) is 0.763. The first-order valence-electron chi connectivity index (χ1n) is 10.4. The highest BCUT2D eigenvalue weighted by Crippen LogP contribution is 2.28. The van der Waals surface area contributed by atoms with Gasteiger partial charge in [0.2, 0.25) is 5.91 Å². The van der Waals surface area contributed by atoms with E-state index in [9.17, 15) is 14.7 Å². The number of hydrogen-bond acceptors (Lipinski definition) is 4. The number of carbonyl (C=O) groups is 2. The summed E-state index contributed by atoms with van der Waals surface area (Å²) in [7, 11) is 1.64. The van der Waals surface area contributed by atoms with Gasteiger partial charge in [-0.3, -0.25) is 4.79 Å². The Hall–Kier alpha value is -1.34. The summed E-state index contributed by atoms with van der Waals surface area (Å²) in [4.78, 5) is 28.0. The van der Waals surface area contributed by atoms with Crippen LogP contribution in [-0.4, -0.2) is 78.4 Å². The van der Waals surface area contributed by atoms with Crippen molar-refractivity contribution >= 4 is 12.0 Å². The number of rotatable bonds is 6. The topological polar surface area (TPSA) is 82.1 Å². The third-order valence-corrected chi connectivity index (χ3v) is 6.11. The van der Waals surface area contributed by atoms with E-state index in [1.807, 2.05) is 6.92 Å². The van der Waals surface area contributed by atoms with Gasteiger partial charge in [-0.25, -0.2) is 4.79 Å². The summed E-state index contributed by atoms with van der Waals surface area (Å²) in [6.07, 6.45) is 3.46. The Labute approximate surface area is 163 Å². The van der Waals surface area contributed by atoms with Gasteiger partial charge in [0.05, 0.1) is 12.1 Å². The zero-order valence-electron chi connectivity index (χ0n) is 17.3. The maximum atomic E-state index is 12.3. The Balaban J connectivity index is 1.92. The molecule has 2 rings (SSSR count). The number of nitrogens with one attached hydrogen (secondary N) is 1. The summed E-state index contributed by atoms with van der Waals surface area (Å²) >= 11 is 0. The van der Waals surface area contributed by atoms with Gasteiger partial charge in [0.1, 0.15) is 0 Å². The molecule has 2 saturated heterocycles. The smallest absolute Gasteiger partial charge is 0.407 e. The molecule has 7 heteroatoms. The van der Waals surface area contributed by atoms with Crippen molar-refractivity contribution in [3.63, 3.8) is 0 Å². The molecule has 0 aromatic rings. The molecule has 0 radical (unpaired) electrons. The van der Waals surface area contributed by atoms with Crippen LogP contribution in [0.3, 0.4) is 0 Å². The molecule has 156 valence electrons. The molecule has 0 aliphatic carbocycles. The summed E-state index contributed by atoms with van der Waals surface area (Å²) in [5.41, 5.74) is 0. The summed E-state index contributed by atoms with van der Waals surface area (Å²) in [6, 6.07) is 0.240. The van der Waals surface area contributed by atoms with E-state index in [4.69, 9.17) is 4.74 Å². The average molecular weight is 384 g/mol. The quantitative estimate of drug-likeness (QED) is 0.736. The Morgan fingerprint density at radius 1 is 1.15 bits per heavy atom. The molecule has 0 aromatic carbocycles. The van der Waals surface area contributed by atoms with Crippen molar-refractivity contribution in [2.45, 2.75) is 71.1 Å². The molecular formula is C20H37N3O4. The van der Waals surface area contributed by atoms with Gasteiger partial charge in [-0.1, -0.05) is 13.8 Å². The zero-order valence-corrected chi connectivity index (χ0v) is 17.3. The van der Waals surface area contributed by atoms with E-state index in [2.05, 4.69) is 24.1 Å². The van der Waals surface area contributed by atoms with Gasteiger partial charge < -0.3 is 25.0 Å². The number of hydrogen-bond donors (Lipinski definition) is 2. The van der Waals surface area contributed by atoms with Gasteiger partial charge >= 0.3 is 6.09 Å². The molecule has 2 N–H and O–H groups in total. The van der Waals surface area contributed by atoms with Gasteiger partial charge in [-0.2, -0.15) is 0 Å². The van der Waals surface area contributed by atoms with Crippen molar-refractivity contribution in [2.24, 2.45) is 11.8 Å². The van der Waals surface area contributed by atoms with Crippen molar-refractivity contribution < 1.29 is 19.4 Å². The standard InChI is InChI=1S/C20H37N3O4/c1-14(2)13-21-19(24)16-7-10-22(11-8-16)17-6-5-9-23(20(25)26)18(12-17)15(3)27-4/h14-18H,5-13H2,1-4H3,(H,21,24)(H,25,26). The van der Waals surface area contributed by atoms with Crippen molar-refractivity contribution in [2.75, 3.05) is 33.3 Å². The minimum atomic E-state index is -0.856. The molecule has 0 bridgehead atoms. The van der Waals surface area contributed by atoms with Gasteiger partial charge in [0.15, 0.2) is 0 Å². The predicted molar refractivity (Wildman–Crippen MR) is 105 cm³/mol. The average Bonchev–Trinajstić information content (AvgIpc) is 2.88. The molecule has 2 heterocycles. The number of carboxylic acid groups (broad SMARTS) is 1. The SMILES string of the molecule is COC(C)C1CC(N2CCC(C(=O)NCC(C)C)CC2)CCCN1C(=O)O. The van der Waals surface area contributed by atoms with Crippen LogP contribution in [0.5, 0.6) is 0 Å². The number of methoxy groups -OCH3 is 1. The highest BCUT2D eigenvalue weighted by atomic mass is 16.5. The molecule has 2 amide bonds. The van der Waals surface area contributed by atoms with E-state index < -0.39 is 6.09 Å². The molecule has 0 saturated carbocycles. The summed E-state index contributed by atoms with van der Waals surface area (Å²) in [5, 5.41) is 12.6. The van der Waals surface area contributed by atoms with E-state index in [1.54, 1.807) is 12.0 Å². The lowest BCUT2D eigenvalue weighted by Crippen LogP contribution is -2.50. The van der Waals surface area contributed by atoms with Crippen LogP contribution in [0.25, 0.3) is 0 Å². The molecule has 0 spiro atoms. The first-order chi connectivity index (χ1) is 12.8. The van der Waals surface area contributed by atoms with E-state index >= 15 is 0 Å². The maximum Gasteiger partial charge on any atom is 0.407 e. The number of amides is 2. The fourth-order valence-electron chi connectivity index (χ4n) is 4.33. The molecule has 2 fully saturated rings. The third kappa shape index (κ3) is 6.07. The molecule has 2 aliphatic heterocycles. The van der Waals surface area contributed by atoms with E-state index in [1.165, 1.54) is 0 Å². The fourth-order valence-corrected chi connectivity index (χ4v) is 4.33. The Morgan fingerprint density at radius 3 is 2.37 bits per heavy atom. The van der Waals surface area contributed by atoms with E-state index in [0.29, 0.717) is 18.5 Å². The zero-order chi connectivity index (χ0) is 20.0. The number of likely N-dealkylation sites (tertiary alicyclic amines) is 2. The second-order valence-corrected chi connectivity index (χ2v) is 8.47. The number of piperidine rings is 1. The van der Waals surface area contributed by atoms with Crippen LogP contribution >= 0.6 is 0 Å². The molecule has 27 heavy (non-hydrogen) atoms. The Morgan fingerprint density at radius 2 is 1.81 bits per heavy atom. The lowest BCUT2D eigenvalue weighted by atomic mass is 9.92. The molecule has 3 unspecified atom stereocenters. The molecule has 0 aromatic heterocycles. The molecule has 7 nitrogen and oxygen atoms in total. The second-order valence-electron chi connectivity index (χ2n) is 8.47. The minimum Gasteiger partial charge on any atom is -0.465 e. The first kappa shape index (κ1) is 22.0. The van der Waals surface area contributed by atoms with Crippen LogP contribution < -0.4 is 5.32 Å². The number of nitrogens with zero attached hydrogens (tertiary/aromatic N) is 2. The van der Waals surface area contributed by atoms with Crippen LogP contribution in [0.15, 0.2) is 0 Å². The Kier molecular flexibility index (Phi) is 8.35. The van der Waals surface area contributed by atoms with Gasteiger partial charge in [-0.15, -0.1) is 0 Å². The molecule has 2 aliphatic rings. The maximum absolute atomic E-state index is 12.3.